The number of fused-ring (bicyclic) bond motifs is 1. The van der Waals surface area contributed by atoms with Crippen LogP contribution in [0.5, 0.6) is 0 Å². The third-order valence-electron chi connectivity index (χ3n) is 3.55. The van der Waals surface area contributed by atoms with Crippen molar-refractivity contribution in [2.75, 3.05) is 13.1 Å². The minimum absolute atomic E-state index is 0.520. The highest BCUT2D eigenvalue weighted by molar-refractivity contribution is 7.87. The lowest BCUT2D eigenvalue weighted by Crippen LogP contribution is -2.39. The minimum Gasteiger partial charge on any atom is -0.232 e. The number of benzene rings is 1. The Morgan fingerprint density at radius 1 is 1.11 bits per heavy atom. The Morgan fingerprint density at radius 2 is 1.79 bits per heavy atom. The number of aromatic nitrogens is 2. The fraction of sp³-hybridized carbons (Fsp3) is 0.462. The molecule has 6 heteroatoms. The minimum atomic E-state index is -3.49. The van der Waals surface area contributed by atoms with Gasteiger partial charge in [-0.3, -0.25) is 0 Å². The fourth-order valence-corrected chi connectivity index (χ4v) is 4.36. The van der Waals surface area contributed by atoms with E-state index in [-0.39, 0.29) is 0 Å². The molecule has 1 aromatic carbocycles. The average Bonchev–Trinajstić information content (AvgIpc) is 2.76. The zero-order valence-corrected chi connectivity index (χ0v) is 11.7. The molecule has 1 aliphatic heterocycles. The van der Waals surface area contributed by atoms with Crippen molar-refractivity contribution in [3.63, 3.8) is 0 Å². The van der Waals surface area contributed by atoms with Crippen molar-refractivity contribution in [2.45, 2.75) is 26.2 Å². The van der Waals surface area contributed by atoms with Crippen LogP contribution < -0.4 is 0 Å². The Morgan fingerprint density at radius 3 is 2.53 bits per heavy atom. The van der Waals surface area contributed by atoms with Crippen molar-refractivity contribution < 1.29 is 8.42 Å². The van der Waals surface area contributed by atoms with E-state index in [0.717, 1.165) is 24.8 Å². The largest absolute Gasteiger partial charge is 0.309 e. The highest BCUT2D eigenvalue weighted by atomic mass is 32.2. The van der Waals surface area contributed by atoms with E-state index in [9.17, 15) is 8.42 Å². The lowest BCUT2D eigenvalue weighted by molar-refractivity contribution is 0.343. The zero-order valence-electron chi connectivity index (χ0n) is 10.9. The summed E-state index contributed by atoms with van der Waals surface area (Å²) in [6, 6.07) is 7.35. The van der Waals surface area contributed by atoms with Gasteiger partial charge in [0, 0.05) is 13.1 Å². The predicted molar refractivity (Wildman–Crippen MR) is 74.2 cm³/mol. The normalized spacial score (nSPS) is 17.9. The van der Waals surface area contributed by atoms with Crippen molar-refractivity contribution in [1.82, 2.24) is 13.3 Å². The van der Waals surface area contributed by atoms with Crippen LogP contribution in [0, 0.1) is 6.92 Å². The molecule has 1 aliphatic rings. The molecule has 1 fully saturated rings. The van der Waals surface area contributed by atoms with E-state index in [1.807, 2.05) is 18.2 Å². The molecule has 19 heavy (non-hydrogen) atoms. The maximum absolute atomic E-state index is 12.7. The van der Waals surface area contributed by atoms with Crippen LogP contribution in [0.2, 0.25) is 0 Å². The molecule has 1 aromatic heterocycles. The van der Waals surface area contributed by atoms with Gasteiger partial charge in [-0.25, -0.2) is 8.96 Å². The van der Waals surface area contributed by atoms with Crippen molar-refractivity contribution in [2.24, 2.45) is 0 Å². The molecule has 0 atom stereocenters. The number of rotatable bonds is 2. The number of aryl methyl sites for hydroxylation is 1. The molecule has 0 spiro atoms. The summed E-state index contributed by atoms with van der Waals surface area (Å²) in [4.78, 5) is 4.33. The average molecular weight is 279 g/mol. The van der Waals surface area contributed by atoms with Gasteiger partial charge >= 0.3 is 10.2 Å². The van der Waals surface area contributed by atoms with Gasteiger partial charge in [0.25, 0.3) is 0 Å². The molecule has 102 valence electrons. The molecule has 2 heterocycles. The van der Waals surface area contributed by atoms with Crippen LogP contribution in [-0.4, -0.2) is 34.8 Å². The Balaban J connectivity index is 2.15. The molecule has 0 saturated carbocycles. The molecule has 0 bridgehead atoms. The van der Waals surface area contributed by atoms with Crippen molar-refractivity contribution in [1.29, 1.82) is 0 Å². The van der Waals surface area contributed by atoms with Crippen molar-refractivity contribution in [3.05, 3.63) is 30.1 Å². The second kappa shape index (κ2) is 4.61. The molecule has 1 saturated heterocycles. The first-order valence-electron chi connectivity index (χ1n) is 6.55. The third kappa shape index (κ3) is 2.04. The molecular weight excluding hydrogens is 262 g/mol. The molecule has 0 unspecified atom stereocenters. The van der Waals surface area contributed by atoms with Crippen molar-refractivity contribution in [3.8, 4) is 0 Å². The van der Waals surface area contributed by atoms with E-state index >= 15 is 0 Å². The molecule has 2 aromatic rings. The van der Waals surface area contributed by atoms with Crippen molar-refractivity contribution >= 4 is 21.2 Å². The predicted octanol–water partition coefficient (Wildman–Crippen LogP) is 1.92. The molecule has 0 aliphatic carbocycles. The van der Waals surface area contributed by atoms with Crippen LogP contribution in [-0.2, 0) is 10.2 Å². The number of imidazole rings is 1. The molecular formula is C13H17N3O2S. The number of hydrogen-bond donors (Lipinski definition) is 0. The van der Waals surface area contributed by atoms with Gasteiger partial charge < -0.3 is 0 Å². The molecule has 0 radical (unpaired) electrons. The maximum Gasteiger partial charge on any atom is 0.309 e. The fourth-order valence-electron chi connectivity index (χ4n) is 2.63. The second-order valence-electron chi connectivity index (χ2n) is 4.88. The van der Waals surface area contributed by atoms with Crippen LogP contribution in [0.4, 0.5) is 0 Å². The number of piperidine rings is 1. The van der Waals surface area contributed by atoms with Crippen LogP contribution in [0.15, 0.2) is 24.3 Å². The Labute approximate surface area is 113 Å². The van der Waals surface area contributed by atoms with Gasteiger partial charge in [-0.1, -0.05) is 18.6 Å². The SMILES string of the molecule is Cc1nc2ccccc2n1S(=O)(=O)N1CCCCC1. The van der Waals surface area contributed by atoms with E-state index in [4.69, 9.17) is 0 Å². The Hall–Kier alpha value is -1.40. The van der Waals surface area contributed by atoms with E-state index in [1.54, 1.807) is 17.3 Å². The van der Waals surface area contributed by atoms with Crippen LogP contribution >= 0.6 is 0 Å². The zero-order chi connectivity index (χ0) is 13.5. The van der Waals surface area contributed by atoms with Gasteiger partial charge in [0.15, 0.2) is 0 Å². The first kappa shape index (κ1) is 12.6. The summed E-state index contributed by atoms with van der Waals surface area (Å²) in [5.74, 6) is 0.520. The summed E-state index contributed by atoms with van der Waals surface area (Å²) >= 11 is 0. The Bertz CT molecular complexity index is 700. The van der Waals surface area contributed by atoms with E-state index < -0.39 is 10.2 Å². The topological polar surface area (TPSA) is 55.2 Å². The van der Waals surface area contributed by atoms with Crippen LogP contribution in [0.1, 0.15) is 25.1 Å². The van der Waals surface area contributed by atoms with Gasteiger partial charge in [-0.2, -0.15) is 12.7 Å². The number of para-hydroxylation sites is 2. The van der Waals surface area contributed by atoms with E-state index in [2.05, 4.69) is 4.98 Å². The highest BCUT2D eigenvalue weighted by Gasteiger charge is 2.28. The van der Waals surface area contributed by atoms with Crippen LogP contribution in [0.25, 0.3) is 11.0 Å². The van der Waals surface area contributed by atoms with Gasteiger partial charge in [-0.05, 0) is 31.9 Å². The van der Waals surface area contributed by atoms with Gasteiger partial charge in [0.1, 0.15) is 5.82 Å². The number of nitrogens with zero attached hydrogens (tertiary/aromatic N) is 3. The first-order chi connectivity index (χ1) is 9.10. The quantitative estimate of drug-likeness (QED) is 0.844. The standard InChI is InChI=1S/C13H17N3O2S/c1-11-14-12-7-3-4-8-13(12)16(11)19(17,18)15-9-5-2-6-10-15/h3-4,7-8H,2,5-6,9-10H2,1H3. The van der Waals surface area contributed by atoms with E-state index in [0.29, 0.717) is 24.4 Å². The summed E-state index contributed by atoms with van der Waals surface area (Å²) in [6.07, 6.45) is 2.98. The molecule has 5 nitrogen and oxygen atoms in total. The Kier molecular flexibility index (Phi) is 3.06. The maximum atomic E-state index is 12.7. The summed E-state index contributed by atoms with van der Waals surface area (Å²) in [6.45, 7) is 2.95. The molecule has 0 amide bonds. The van der Waals surface area contributed by atoms with E-state index in [1.165, 1.54) is 3.97 Å². The second-order valence-corrected chi connectivity index (χ2v) is 6.66. The third-order valence-corrected chi connectivity index (χ3v) is 5.49. The summed E-state index contributed by atoms with van der Waals surface area (Å²) in [5, 5.41) is 0. The number of hydrogen-bond acceptors (Lipinski definition) is 3. The lowest BCUT2D eigenvalue weighted by Gasteiger charge is -2.26. The summed E-state index contributed by atoms with van der Waals surface area (Å²) < 4.78 is 28.4. The van der Waals surface area contributed by atoms with Gasteiger partial charge in [-0.15, -0.1) is 0 Å². The first-order valence-corrected chi connectivity index (χ1v) is 7.95. The van der Waals surface area contributed by atoms with Crippen LogP contribution in [0.3, 0.4) is 0 Å². The van der Waals surface area contributed by atoms with Gasteiger partial charge in [0.2, 0.25) is 0 Å². The van der Waals surface area contributed by atoms with Gasteiger partial charge in [0.05, 0.1) is 11.0 Å². The molecule has 0 N–H and O–H groups in total. The summed E-state index contributed by atoms with van der Waals surface area (Å²) in [7, 11) is -3.49. The molecule has 3 rings (SSSR count). The summed E-state index contributed by atoms with van der Waals surface area (Å²) in [5.41, 5.74) is 1.38. The monoisotopic (exact) mass is 279 g/mol. The lowest BCUT2D eigenvalue weighted by atomic mass is 10.2. The smallest absolute Gasteiger partial charge is 0.232 e. The highest BCUT2D eigenvalue weighted by Crippen LogP contribution is 2.22.